The number of aryl methyl sites for hydroxylation is 1. The van der Waals surface area contributed by atoms with E-state index in [-0.39, 0.29) is 5.91 Å². The van der Waals surface area contributed by atoms with Gasteiger partial charge in [0.2, 0.25) is 5.91 Å². The van der Waals surface area contributed by atoms with Gasteiger partial charge in [-0.25, -0.2) is 0 Å². The molecule has 0 saturated heterocycles. The zero-order valence-corrected chi connectivity index (χ0v) is 10.6. The van der Waals surface area contributed by atoms with Gasteiger partial charge in [0.05, 0.1) is 12.2 Å². The van der Waals surface area contributed by atoms with Crippen LogP contribution in [0.25, 0.3) is 0 Å². The Labute approximate surface area is 111 Å². The first-order valence-electron chi connectivity index (χ1n) is 6.17. The first-order chi connectivity index (χ1) is 9.25. The van der Waals surface area contributed by atoms with E-state index in [4.69, 9.17) is 5.73 Å². The van der Waals surface area contributed by atoms with E-state index in [1.54, 1.807) is 17.1 Å². The Morgan fingerprint density at radius 1 is 1.37 bits per heavy atom. The van der Waals surface area contributed by atoms with Gasteiger partial charge in [-0.2, -0.15) is 0 Å². The van der Waals surface area contributed by atoms with Gasteiger partial charge in [0.15, 0.2) is 0 Å². The third-order valence-corrected chi connectivity index (χ3v) is 2.79. The van der Waals surface area contributed by atoms with E-state index in [2.05, 4.69) is 15.6 Å². The van der Waals surface area contributed by atoms with Gasteiger partial charge in [-0.3, -0.25) is 9.48 Å². The van der Waals surface area contributed by atoms with E-state index >= 15 is 0 Å². The number of amides is 1. The molecule has 2 rings (SSSR count). The molecule has 2 aromatic rings. The summed E-state index contributed by atoms with van der Waals surface area (Å²) in [6, 6.07) is 9.20. The lowest BCUT2D eigenvalue weighted by Gasteiger charge is -2.12. The van der Waals surface area contributed by atoms with Crippen LogP contribution in [0.3, 0.4) is 0 Å². The van der Waals surface area contributed by atoms with Gasteiger partial charge in [0.1, 0.15) is 0 Å². The second-order valence-electron chi connectivity index (χ2n) is 4.26. The van der Waals surface area contributed by atoms with E-state index in [0.29, 0.717) is 19.5 Å². The molecule has 0 aliphatic carbocycles. The van der Waals surface area contributed by atoms with Gasteiger partial charge in [-0.15, -0.1) is 5.10 Å². The predicted molar refractivity (Wildman–Crippen MR) is 70.9 cm³/mol. The molecule has 0 aliphatic rings. The number of hydrogen-bond donors (Lipinski definition) is 2. The highest BCUT2D eigenvalue weighted by Gasteiger charge is 2.12. The quantitative estimate of drug-likeness (QED) is 0.782. The summed E-state index contributed by atoms with van der Waals surface area (Å²) in [4.78, 5) is 11.8. The predicted octanol–water partition coefficient (Wildman–Crippen LogP) is 0.312. The molecular formula is C13H17N5O. The first-order valence-corrected chi connectivity index (χ1v) is 6.17. The summed E-state index contributed by atoms with van der Waals surface area (Å²) in [5.74, 6) is -0.149. The van der Waals surface area contributed by atoms with Gasteiger partial charge >= 0.3 is 0 Å². The Morgan fingerprint density at radius 2 is 2.16 bits per heavy atom. The molecule has 19 heavy (non-hydrogen) atoms. The summed E-state index contributed by atoms with van der Waals surface area (Å²) in [6.45, 7) is 1.08. The average molecular weight is 259 g/mol. The van der Waals surface area contributed by atoms with Crippen LogP contribution in [0.4, 0.5) is 0 Å². The van der Waals surface area contributed by atoms with Crippen LogP contribution >= 0.6 is 0 Å². The zero-order chi connectivity index (χ0) is 13.5. The van der Waals surface area contributed by atoms with Crippen LogP contribution in [0, 0.1) is 0 Å². The van der Waals surface area contributed by atoms with Crippen LogP contribution in [0.2, 0.25) is 0 Å². The molecule has 0 saturated carbocycles. The van der Waals surface area contributed by atoms with Crippen molar-refractivity contribution >= 4 is 5.91 Å². The second kappa shape index (κ2) is 6.65. The molecule has 0 fully saturated rings. The van der Waals surface area contributed by atoms with Crippen molar-refractivity contribution in [1.82, 2.24) is 20.3 Å². The third-order valence-electron chi connectivity index (χ3n) is 2.79. The number of aromatic nitrogens is 3. The number of nitrogens with zero attached hydrogens (tertiary/aromatic N) is 3. The number of nitrogens with one attached hydrogen (secondary N) is 1. The highest BCUT2D eigenvalue weighted by atomic mass is 16.2. The Kier molecular flexibility index (Phi) is 4.63. The summed E-state index contributed by atoms with van der Waals surface area (Å²) in [7, 11) is 0. The first kappa shape index (κ1) is 13.2. The van der Waals surface area contributed by atoms with E-state index in [9.17, 15) is 4.79 Å². The number of hydrogen-bond acceptors (Lipinski definition) is 4. The van der Waals surface area contributed by atoms with Gasteiger partial charge in [0.25, 0.3) is 0 Å². The summed E-state index contributed by atoms with van der Waals surface area (Å²) >= 11 is 0. The molecule has 6 nitrogen and oxygen atoms in total. The molecule has 0 spiro atoms. The molecule has 1 atom stereocenters. The lowest BCUT2D eigenvalue weighted by atomic mass is 10.2. The molecule has 0 bridgehead atoms. The van der Waals surface area contributed by atoms with Crippen LogP contribution < -0.4 is 11.1 Å². The van der Waals surface area contributed by atoms with E-state index in [1.165, 1.54) is 0 Å². The Morgan fingerprint density at radius 3 is 2.84 bits per heavy atom. The maximum atomic E-state index is 11.8. The molecule has 6 heteroatoms. The molecule has 1 aromatic heterocycles. The molecule has 1 amide bonds. The Balaban J connectivity index is 1.73. The van der Waals surface area contributed by atoms with Crippen LogP contribution in [-0.4, -0.2) is 26.9 Å². The molecule has 1 aromatic carbocycles. The van der Waals surface area contributed by atoms with Crippen molar-refractivity contribution in [3.63, 3.8) is 0 Å². The highest BCUT2D eigenvalue weighted by Crippen LogP contribution is 1.98. The fourth-order valence-corrected chi connectivity index (χ4v) is 1.67. The fraction of sp³-hybridized carbons (Fsp3) is 0.308. The molecule has 0 unspecified atom stereocenters. The summed E-state index contributed by atoms with van der Waals surface area (Å²) in [6.07, 6.45) is 3.87. The van der Waals surface area contributed by atoms with Crippen molar-refractivity contribution in [1.29, 1.82) is 0 Å². The minimum absolute atomic E-state index is 0.149. The maximum absolute atomic E-state index is 11.8. The van der Waals surface area contributed by atoms with Crippen LogP contribution in [-0.2, 0) is 17.9 Å². The van der Waals surface area contributed by atoms with Crippen molar-refractivity contribution in [2.45, 2.75) is 25.6 Å². The lowest BCUT2D eigenvalue weighted by Crippen LogP contribution is -2.40. The lowest BCUT2D eigenvalue weighted by molar-refractivity contribution is -0.122. The molecule has 100 valence electrons. The van der Waals surface area contributed by atoms with Crippen molar-refractivity contribution in [2.24, 2.45) is 5.73 Å². The standard InChI is InChI=1S/C13H17N5O/c14-12(6-8-18-9-7-16-17-18)13(19)15-10-11-4-2-1-3-5-11/h1-5,7,9,12H,6,8,10,14H2,(H,15,19)/t12-/m0/s1. The molecule has 3 N–H and O–H groups in total. The normalized spacial score (nSPS) is 12.1. The van der Waals surface area contributed by atoms with Crippen LogP contribution in [0.1, 0.15) is 12.0 Å². The number of carbonyl (C=O) groups excluding carboxylic acids is 1. The number of rotatable bonds is 6. The third kappa shape index (κ3) is 4.18. The van der Waals surface area contributed by atoms with Crippen molar-refractivity contribution < 1.29 is 4.79 Å². The smallest absolute Gasteiger partial charge is 0.237 e. The molecule has 0 aliphatic heterocycles. The largest absolute Gasteiger partial charge is 0.351 e. The maximum Gasteiger partial charge on any atom is 0.237 e. The SMILES string of the molecule is N[C@@H](CCn1ccnn1)C(=O)NCc1ccccc1. The average Bonchev–Trinajstić information content (AvgIpc) is 2.96. The van der Waals surface area contributed by atoms with Gasteiger partial charge in [-0.1, -0.05) is 35.5 Å². The molecule has 1 heterocycles. The summed E-state index contributed by atoms with van der Waals surface area (Å²) in [5.41, 5.74) is 6.88. The second-order valence-corrected chi connectivity index (χ2v) is 4.26. The number of carbonyl (C=O) groups is 1. The zero-order valence-electron chi connectivity index (χ0n) is 10.6. The number of benzene rings is 1. The van der Waals surface area contributed by atoms with Crippen LogP contribution in [0.15, 0.2) is 42.7 Å². The molecular weight excluding hydrogens is 242 g/mol. The van der Waals surface area contributed by atoms with Gasteiger partial charge in [0, 0.05) is 19.3 Å². The van der Waals surface area contributed by atoms with Crippen molar-refractivity contribution in [3.05, 3.63) is 48.3 Å². The Hall–Kier alpha value is -2.21. The Bertz CT molecular complexity index is 497. The van der Waals surface area contributed by atoms with E-state index < -0.39 is 6.04 Å². The highest BCUT2D eigenvalue weighted by molar-refractivity contribution is 5.81. The minimum atomic E-state index is -0.534. The van der Waals surface area contributed by atoms with E-state index in [0.717, 1.165) is 5.56 Å². The summed E-state index contributed by atoms with van der Waals surface area (Å²) in [5, 5.41) is 10.3. The monoisotopic (exact) mass is 259 g/mol. The number of nitrogens with two attached hydrogens (primary N) is 1. The minimum Gasteiger partial charge on any atom is -0.351 e. The fourth-order valence-electron chi connectivity index (χ4n) is 1.67. The summed E-state index contributed by atoms with van der Waals surface area (Å²) < 4.78 is 1.66. The molecule has 0 radical (unpaired) electrons. The van der Waals surface area contributed by atoms with Crippen molar-refractivity contribution in [2.75, 3.05) is 0 Å². The van der Waals surface area contributed by atoms with Gasteiger partial charge < -0.3 is 11.1 Å². The van der Waals surface area contributed by atoms with Gasteiger partial charge in [-0.05, 0) is 12.0 Å². The topological polar surface area (TPSA) is 85.8 Å². The van der Waals surface area contributed by atoms with Crippen molar-refractivity contribution in [3.8, 4) is 0 Å². The van der Waals surface area contributed by atoms with Crippen LogP contribution in [0.5, 0.6) is 0 Å². The van der Waals surface area contributed by atoms with E-state index in [1.807, 2.05) is 30.3 Å².